The van der Waals surface area contributed by atoms with Gasteiger partial charge in [-0.25, -0.2) is 8.42 Å². The van der Waals surface area contributed by atoms with Gasteiger partial charge in [0.25, 0.3) is 5.91 Å². The molecule has 2 rings (SSSR count). The second-order valence-electron chi connectivity index (χ2n) is 6.25. The molecule has 7 nitrogen and oxygen atoms in total. The second kappa shape index (κ2) is 9.63. The van der Waals surface area contributed by atoms with E-state index in [1.165, 1.54) is 24.7 Å². The Morgan fingerprint density at radius 1 is 1.04 bits per heavy atom. The molecule has 0 aliphatic rings. The quantitative estimate of drug-likeness (QED) is 0.490. The monoisotopic (exact) mass is 420 g/mol. The number of rotatable bonds is 6. The number of carbonyl (C=O) groups is 1. The highest BCUT2D eigenvalue weighted by Crippen LogP contribution is 2.14. The summed E-state index contributed by atoms with van der Waals surface area (Å²) in [6.07, 6.45) is 0.943. The van der Waals surface area contributed by atoms with Gasteiger partial charge in [-0.3, -0.25) is 15.6 Å². The van der Waals surface area contributed by atoms with E-state index in [2.05, 4.69) is 23.1 Å². The first-order chi connectivity index (χ1) is 13.2. The molecule has 0 unspecified atom stereocenters. The Labute approximate surface area is 171 Å². The molecule has 2 aromatic rings. The summed E-state index contributed by atoms with van der Waals surface area (Å²) in [6.45, 7) is 3.59. The first kappa shape index (κ1) is 21.8. The summed E-state index contributed by atoms with van der Waals surface area (Å²) in [7, 11) is -2.40. The van der Waals surface area contributed by atoms with E-state index in [-0.39, 0.29) is 16.6 Å². The molecular formula is C19H24N4O3S2. The summed E-state index contributed by atoms with van der Waals surface area (Å²) in [5.41, 5.74) is 7.89. The molecule has 0 atom stereocenters. The SMILES string of the molecule is CCc1ccc(NC(=S)NNC(=O)CN(C)S(=O)(=O)c2ccc(C)cc2)cc1. The van der Waals surface area contributed by atoms with Crippen LogP contribution in [0.15, 0.2) is 53.4 Å². The van der Waals surface area contributed by atoms with Gasteiger partial charge in [0.2, 0.25) is 10.0 Å². The number of sulfonamides is 1. The maximum Gasteiger partial charge on any atom is 0.253 e. The van der Waals surface area contributed by atoms with Crippen LogP contribution in [0.5, 0.6) is 0 Å². The largest absolute Gasteiger partial charge is 0.331 e. The molecule has 9 heteroatoms. The summed E-state index contributed by atoms with van der Waals surface area (Å²) in [6, 6.07) is 14.2. The first-order valence-corrected chi connectivity index (χ1v) is 10.5. The molecule has 0 fully saturated rings. The molecule has 0 aliphatic carbocycles. The molecule has 0 saturated carbocycles. The maximum atomic E-state index is 12.5. The Hall–Kier alpha value is -2.49. The minimum absolute atomic E-state index is 0.133. The fourth-order valence-electron chi connectivity index (χ4n) is 2.33. The molecule has 0 saturated heterocycles. The molecule has 0 aromatic heterocycles. The van der Waals surface area contributed by atoms with Gasteiger partial charge in [-0.2, -0.15) is 4.31 Å². The van der Waals surface area contributed by atoms with Crippen molar-refractivity contribution in [2.45, 2.75) is 25.2 Å². The summed E-state index contributed by atoms with van der Waals surface area (Å²) in [5, 5.41) is 3.13. The Kier molecular flexibility index (Phi) is 7.50. The number of thiocarbonyl (C=S) groups is 1. The number of likely N-dealkylation sites (N-methyl/N-ethyl adjacent to an activating group) is 1. The third kappa shape index (κ3) is 6.01. The van der Waals surface area contributed by atoms with Gasteiger partial charge in [-0.1, -0.05) is 36.8 Å². The highest BCUT2D eigenvalue weighted by atomic mass is 32.2. The highest BCUT2D eigenvalue weighted by Gasteiger charge is 2.22. The maximum absolute atomic E-state index is 12.5. The lowest BCUT2D eigenvalue weighted by atomic mass is 10.1. The number of nitrogens with one attached hydrogen (secondary N) is 3. The van der Waals surface area contributed by atoms with Gasteiger partial charge in [0.05, 0.1) is 11.4 Å². The number of aryl methyl sites for hydroxylation is 2. The van der Waals surface area contributed by atoms with Gasteiger partial charge in [0.15, 0.2) is 5.11 Å². The average Bonchev–Trinajstić information content (AvgIpc) is 2.67. The summed E-state index contributed by atoms with van der Waals surface area (Å²) in [4.78, 5) is 12.2. The van der Waals surface area contributed by atoms with Crippen molar-refractivity contribution in [1.82, 2.24) is 15.2 Å². The number of anilines is 1. The van der Waals surface area contributed by atoms with Crippen LogP contribution in [-0.4, -0.2) is 37.3 Å². The van der Waals surface area contributed by atoms with Crippen LogP contribution in [0.3, 0.4) is 0 Å². The van der Waals surface area contributed by atoms with E-state index < -0.39 is 15.9 Å². The van der Waals surface area contributed by atoms with Crippen LogP contribution < -0.4 is 16.2 Å². The number of hydrogen-bond donors (Lipinski definition) is 3. The van der Waals surface area contributed by atoms with Gasteiger partial charge in [-0.05, 0) is 55.4 Å². The van der Waals surface area contributed by atoms with Crippen LogP contribution >= 0.6 is 12.2 Å². The number of nitrogens with zero attached hydrogens (tertiary/aromatic N) is 1. The summed E-state index contributed by atoms with van der Waals surface area (Å²) < 4.78 is 26.0. The molecule has 28 heavy (non-hydrogen) atoms. The van der Waals surface area contributed by atoms with Crippen LogP contribution in [0.2, 0.25) is 0 Å². The molecule has 0 bridgehead atoms. The normalized spacial score (nSPS) is 11.1. The molecule has 1 amide bonds. The van der Waals surface area contributed by atoms with E-state index in [1.54, 1.807) is 12.1 Å². The van der Waals surface area contributed by atoms with Crippen molar-refractivity contribution in [2.24, 2.45) is 0 Å². The van der Waals surface area contributed by atoms with E-state index >= 15 is 0 Å². The van der Waals surface area contributed by atoms with Crippen molar-refractivity contribution in [2.75, 3.05) is 18.9 Å². The number of amides is 1. The van der Waals surface area contributed by atoms with Crippen molar-refractivity contribution in [3.63, 3.8) is 0 Å². The fourth-order valence-corrected chi connectivity index (χ4v) is 3.63. The van der Waals surface area contributed by atoms with Crippen LogP contribution in [-0.2, 0) is 21.2 Å². The third-order valence-corrected chi connectivity index (χ3v) is 6.05. The fraction of sp³-hybridized carbons (Fsp3) is 0.263. The molecule has 0 radical (unpaired) electrons. The molecule has 0 spiro atoms. The number of hydrogen-bond acceptors (Lipinski definition) is 4. The zero-order chi connectivity index (χ0) is 20.7. The number of hydrazine groups is 1. The predicted molar refractivity (Wildman–Crippen MR) is 114 cm³/mol. The van der Waals surface area contributed by atoms with Crippen LogP contribution in [0.4, 0.5) is 5.69 Å². The predicted octanol–water partition coefficient (Wildman–Crippen LogP) is 2.20. The molecule has 2 aromatic carbocycles. The standard InChI is InChI=1S/C19H24N4O3S2/c1-4-15-7-9-16(10-8-15)20-19(27)22-21-18(24)13-23(3)28(25,26)17-11-5-14(2)6-12-17/h5-12H,4,13H2,1-3H3,(H,21,24)(H2,20,22,27). The minimum Gasteiger partial charge on any atom is -0.331 e. The second-order valence-corrected chi connectivity index (χ2v) is 8.71. The molecule has 0 aliphatic heterocycles. The van der Waals surface area contributed by atoms with E-state index in [4.69, 9.17) is 12.2 Å². The first-order valence-electron chi connectivity index (χ1n) is 8.70. The van der Waals surface area contributed by atoms with Crippen molar-refractivity contribution < 1.29 is 13.2 Å². The van der Waals surface area contributed by atoms with Gasteiger partial charge in [-0.15, -0.1) is 0 Å². The van der Waals surface area contributed by atoms with Crippen LogP contribution in [0, 0.1) is 6.92 Å². The van der Waals surface area contributed by atoms with Crippen molar-refractivity contribution in [1.29, 1.82) is 0 Å². The molecule has 0 heterocycles. The zero-order valence-electron chi connectivity index (χ0n) is 16.0. The molecule has 3 N–H and O–H groups in total. The van der Waals surface area contributed by atoms with E-state index in [9.17, 15) is 13.2 Å². The Morgan fingerprint density at radius 3 is 2.21 bits per heavy atom. The topological polar surface area (TPSA) is 90.5 Å². The smallest absolute Gasteiger partial charge is 0.253 e. The van der Waals surface area contributed by atoms with Crippen molar-refractivity contribution >= 4 is 38.9 Å². The number of carbonyl (C=O) groups excluding carboxylic acids is 1. The van der Waals surface area contributed by atoms with Gasteiger partial charge in [0.1, 0.15) is 0 Å². The third-order valence-electron chi connectivity index (χ3n) is 4.03. The van der Waals surface area contributed by atoms with E-state index in [0.29, 0.717) is 0 Å². The summed E-state index contributed by atoms with van der Waals surface area (Å²) >= 11 is 5.12. The minimum atomic E-state index is -3.75. The van der Waals surface area contributed by atoms with Gasteiger partial charge >= 0.3 is 0 Å². The Balaban J connectivity index is 1.85. The van der Waals surface area contributed by atoms with Gasteiger partial charge in [0, 0.05) is 12.7 Å². The van der Waals surface area contributed by atoms with Crippen LogP contribution in [0.25, 0.3) is 0 Å². The lowest BCUT2D eigenvalue weighted by Gasteiger charge is -2.18. The molecular weight excluding hydrogens is 396 g/mol. The van der Waals surface area contributed by atoms with Crippen molar-refractivity contribution in [3.8, 4) is 0 Å². The Bertz CT molecular complexity index is 927. The lowest BCUT2D eigenvalue weighted by molar-refractivity contribution is -0.121. The summed E-state index contributed by atoms with van der Waals surface area (Å²) in [5.74, 6) is -0.538. The van der Waals surface area contributed by atoms with E-state index in [0.717, 1.165) is 22.0 Å². The van der Waals surface area contributed by atoms with Crippen molar-refractivity contribution in [3.05, 3.63) is 59.7 Å². The van der Waals surface area contributed by atoms with Gasteiger partial charge < -0.3 is 5.32 Å². The lowest BCUT2D eigenvalue weighted by Crippen LogP contribution is -2.48. The zero-order valence-corrected chi connectivity index (χ0v) is 17.7. The highest BCUT2D eigenvalue weighted by molar-refractivity contribution is 7.89. The molecule has 150 valence electrons. The van der Waals surface area contributed by atoms with Crippen LogP contribution in [0.1, 0.15) is 18.1 Å². The van der Waals surface area contributed by atoms with E-state index in [1.807, 2.05) is 31.2 Å². The Morgan fingerprint density at radius 2 is 1.64 bits per heavy atom. The average molecular weight is 421 g/mol. The number of benzene rings is 2.